The van der Waals surface area contributed by atoms with Crippen LogP contribution in [0.4, 0.5) is 11.6 Å². The predicted molar refractivity (Wildman–Crippen MR) is 168 cm³/mol. The van der Waals surface area contributed by atoms with E-state index in [0.717, 1.165) is 47.5 Å². The summed E-state index contributed by atoms with van der Waals surface area (Å²) in [4.78, 5) is 19.6. The average Bonchev–Trinajstić information content (AvgIpc) is 3.49. The van der Waals surface area contributed by atoms with Gasteiger partial charge in [-0.3, -0.25) is 9.69 Å². The number of allylic oxidation sites excluding steroid dienone is 2. The van der Waals surface area contributed by atoms with Gasteiger partial charge in [-0.15, -0.1) is 5.10 Å². The Morgan fingerprint density at radius 2 is 1.95 bits per heavy atom. The molecule has 2 unspecified atom stereocenters. The number of amides is 1. The van der Waals surface area contributed by atoms with Crippen molar-refractivity contribution < 1.29 is 4.79 Å². The van der Waals surface area contributed by atoms with E-state index in [1.807, 2.05) is 48.9 Å². The van der Waals surface area contributed by atoms with Gasteiger partial charge in [0.05, 0.1) is 6.04 Å². The molecule has 0 aliphatic carbocycles. The van der Waals surface area contributed by atoms with Gasteiger partial charge in [0.2, 0.25) is 5.95 Å². The van der Waals surface area contributed by atoms with Gasteiger partial charge >= 0.3 is 0 Å². The van der Waals surface area contributed by atoms with Gasteiger partial charge in [0.1, 0.15) is 0 Å². The van der Waals surface area contributed by atoms with Crippen LogP contribution in [-0.4, -0.2) is 44.7 Å². The Labute approximate surface area is 243 Å². The summed E-state index contributed by atoms with van der Waals surface area (Å²) in [6.45, 7) is 20.7. The summed E-state index contributed by atoms with van der Waals surface area (Å²) in [6, 6.07) is 11.0. The average molecular weight is 549 g/mol. The maximum absolute atomic E-state index is 12.2. The van der Waals surface area contributed by atoms with Crippen molar-refractivity contribution in [3.63, 3.8) is 0 Å². The summed E-state index contributed by atoms with van der Waals surface area (Å²) < 4.78 is 1.88. The van der Waals surface area contributed by atoms with Crippen LogP contribution in [0, 0.1) is 13.8 Å². The Bertz CT molecular complexity index is 1580. The minimum Gasteiger partial charge on any atom is -0.345 e. The molecule has 1 amide bonds. The molecule has 0 bridgehead atoms. The lowest BCUT2D eigenvalue weighted by molar-refractivity contribution is 0.0958. The number of rotatable bonds is 9. The van der Waals surface area contributed by atoms with Crippen molar-refractivity contribution in [2.45, 2.75) is 59.7 Å². The molecular formula is C34H40N6O. The number of fused-ring (bicyclic) bond motifs is 1. The van der Waals surface area contributed by atoms with Gasteiger partial charge in [-0.1, -0.05) is 49.6 Å². The first-order chi connectivity index (χ1) is 19.7. The highest BCUT2D eigenvalue weighted by atomic mass is 16.2. The maximum Gasteiger partial charge on any atom is 0.252 e. The minimum atomic E-state index is -0.0165. The second-order valence-electron chi connectivity index (χ2n) is 11.1. The van der Waals surface area contributed by atoms with Crippen LogP contribution in [-0.2, 0) is 6.54 Å². The number of anilines is 2. The largest absolute Gasteiger partial charge is 0.345 e. The first-order valence-electron chi connectivity index (χ1n) is 14.4. The predicted octanol–water partition coefficient (Wildman–Crippen LogP) is 6.91. The monoisotopic (exact) mass is 548 g/mol. The lowest BCUT2D eigenvalue weighted by Gasteiger charge is -2.34. The molecule has 5 rings (SSSR count). The summed E-state index contributed by atoms with van der Waals surface area (Å²) in [5.41, 5.74) is 9.64. The normalized spacial score (nSPS) is 19.0. The second kappa shape index (κ2) is 11.7. The van der Waals surface area contributed by atoms with Crippen LogP contribution in [0.15, 0.2) is 73.4 Å². The number of benzene rings is 2. The van der Waals surface area contributed by atoms with Crippen molar-refractivity contribution in [1.82, 2.24) is 25.0 Å². The van der Waals surface area contributed by atoms with E-state index in [4.69, 9.17) is 10.1 Å². The fourth-order valence-corrected chi connectivity index (χ4v) is 5.71. The Morgan fingerprint density at radius 3 is 2.66 bits per heavy atom. The summed E-state index contributed by atoms with van der Waals surface area (Å²) in [5.74, 6) is 1.35. The van der Waals surface area contributed by atoms with Gasteiger partial charge in [0.25, 0.3) is 5.91 Å². The SMILES string of the molecule is C=C/C=C(\C=C)CN1CC(c2ccc(-c3nc(Nc4cc5c(cc4C)C(=O)NC5C)n(CC)n3)cc2C)=CCC1C. The standard InChI is InChI=1S/C34H40N6O/c1-8-11-25(9-2)19-39-20-27(13-12-23(39)6)28-15-14-26(16-21(28)4)32-37-34(40(10-3)38-32)36-31-18-29-24(7)35-33(41)30(29)17-22(31)5/h8-9,11,13-18,23-24H,1-2,10,12,19-20H2,3-7H3,(H,35,41)(H,36,37,38)/b25-11+. The molecule has 0 radical (unpaired) electrons. The number of hydrogen-bond acceptors (Lipinski definition) is 5. The highest BCUT2D eigenvalue weighted by Gasteiger charge is 2.27. The van der Waals surface area contributed by atoms with Crippen molar-refractivity contribution in [2.24, 2.45) is 0 Å². The third kappa shape index (κ3) is 5.68. The molecule has 0 fully saturated rings. The lowest BCUT2D eigenvalue weighted by Crippen LogP contribution is -2.38. The highest BCUT2D eigenvalue weighted by Crippen LogP contribution is 2.33. The van der Waals surface area contributed by atoms with E-state index in [1.165, 1.54) is 22.3 Å². The molecule has 1 aromatic heterocycles. The molecular weight excluding hydrogens is 508 g/mol. The number of nitrogens with one attached hydrogen (secondary N) is 2. The van der Waals surface area contributed by atoms with Gasteiger partial charge in [0, 0.05) is 42.5 Å². The zero-order valence-corrected chi connectivity index (χ0v) is 24.8. The second-order valence-corrected chi connectivity index (χ2v) is 11.1. The molecule has 41 heavy (non-hydrogen) atoms. The summed E-state index contributed by atoms with van der Waals surface area (Å²) in [5, 5.41) is 11.3. The van der Waals surface area contributed by atoms with E-state index in [0.29, 0.717) is 24.4 Å². The number of carbonyl (C=O) groups is 1. The maximum atomic E-state index is 12.2. The molecule has 0 saturated carbocycles. The molecule has 3 heterocycles. The quantitative estimate of drug-likeness (QED) is 0.284. The highest BCUT2D eigenvalue weighted by molar-refractivity contribution is 6.00. The van der Waals surface area contributed by atoms with Gasteiger partial charge in [-0.05, 0) is 92.6 Å². The zero-order chi connectivity index (χ0) is 29.3. The smallest absolute Gasteiger partial charge is 0.252 e. The topological polar surface area (TPSA) is 75.1 Å². The summed E-state index contributed by atoms with van der Waals surface area (Å²) in [6.07, 6.45) is 9.17. The van der Waals surface area contributed by atoms with E-state index < -0.39 is 0 Å². The van der Waals surface area contributed by atoms with Crippen LogP contribution in [0.3, 0.4) is 0 Å². The third-order valence-corrected chi connectivity index (χ3v) is 8.19. The summed E-state index contributed by atoms with van der Waals surface area (Å²) in [7, 11) is 0. The number of aromatic nitrogens is 3. The van der Waals surface area contributed by atoms with Gasteiger partial charge in [-0.2, -0.15) is 4.98 Å². The molecule has 2 N–H and O–H groups in total. The van der Waals surface area contributed by atoms with Crippen molar-refractivity contribution >= 4 is 23.1 Å². The van der Waals surface area contributed by atoms with Crippen molar-refractivity contribution in [3.8, 4) is 11.4 Å². The Hall–Kier alpha value is -4.23. The first kappa shape index (κ1) is 28.3. The molecule has 2 aromatic carbocycles. The van der Waals surface area contributed by atoms with Crippen LogP contribution in [0.5, 0.6) is 0 Å². The van der Waals surface area contributed by atoms with Crippen LogP contribution in [0.1, 0.15) is 65.8 Å². The van der Waals surface area contributed by atoms with Crippen molar-refractivity contribution in [3.05, 3.63) is 101 Å². The van der Waals surface area contributed by atoms with Crippen LogP contribution in [0.2, 0.25) is 0 Å². The van der Waals surface area contributed by atoms with Crippen LogP contribution < -0.4 is 10.6 Å². The van der Waals surface area contributed by atoms with E-state index >= 15 is 0 Å². The minimum absolute atomic E-state index is 0.0121. The molecule has 7 heteroatoms. The summed E-state index contributed by atoms with van der Waals surface area (Å²) >= 11 is 0. The van der Waals surface area contributed by atoms with Crippen molar-refractivity contribution in [2.75, 3.05) is 18.4 Å². The number of nitrogens with zero attached hydrogens (tertiary/aromatic N) is 4. The Morgan fingerprint density at radius 1 is 1.15 bits per heavy atom. The number of hydrogen-bond donors (Lipinski definition) is 2. The van der Waals surface area contributed by atoms with E-state index in [1.54, 1.807) is 0 Å². The van der Waals surface area contributed by atoms with Gasteiger partial charge in [0.15, 0.2) is 5.82 Å². The molecule has 2 aliphatic heterocycles. The van der Waals surface area contributed by atoms with E-state index in [9.17, 15) is 4.79 Å². The van der Waals surface area contributed by atoms with E-state index in [-0.39, 0.29) is 11.9 Å². The molecule has 3 aromatic rings. The van der Waals surface area contributed by atoms with Crippen LogP contribution in [0.25, 0.3) is 17.0 Å². The Balaban J connectivity index is 1.38. The molecule has 212 valence electrons. The molecule has 0 saturated heterocycles. The lowest BCUT2D eigenvalue weighted by atomic mass is 9.93. The van der Waals surface area contributed by atoms with Crippen LogP contribution >= 0.6 is 0 Å². The molecule has 0 spiro atoms. The molecule has 2 atom stereocenters. The third-order valence-electron chi connectivity index (χ3n) is 8.19. The fraction of sp³-hybridized carbons (Fsp3) is 0.324. The zero-order valence-electron chi connectivity index (χ0n) is 24.8. The fourth-order valence-electron chi connectivity index (χ4n) is 5.71. The first-order valence-corrected chi connectivity index (χ1v) is 14.4. The number of carbonyl (C=O) groups excluding carboxylic acids is 1. The molecule has 2 aliphatic rings. The molecule has 7 nitrogen and oxygen atoms in total. The van der Waals surface area contributed by atoms with Gasteiger partial charge < -0.3 is 10.6 Å². The van der Waals surface area contributed by atoms with E-state index in [2.05, 4.69) is 73.7 Å². The Kier molecular flexibility index (Phi) is 8.08. The number of aryl methyl sites for hydroxylation is 3. The van der Waals surface area contributed by atoms with Crippen molar-refractivity contribution in [1.29, 1.82) is 0 Å². The van der Waals surface area contributed by atoms with Gasteiger partial charge in [-0.25, -0.2) is 4.68 Å².